The van der Waals surface area contributed by atoms with Gasteiger partial charge in [-0.3, -0.25) is 4.79 Å². The minimum absolute atomic E-state index is 0.00870. The second-order valence-electron chi connectivity index (χ2n) is 4.49. The molecule has 0 fully saturated rings. The van der Waals surface area contributed by atoms with Gasteiger partial charge in [-0.15, -0.1) is 11.3 Å². The van der Waals surface area contributed by atoms with E-state index in [1.807, 2.05) is 18.4 Å². The monoisotopic (exact) mass is 356 g/mol. The fourth-order valence-electron chi connectivity index (χ4n) is 1.88. The first-order chi connectivity index (χ1) is 9.40. The maximum absolute atomic E-state index is 13.8. The fraction of sp³-hybridized carbons (Fsp3) is 0.214. The van der Waals surface area contributed by atoms with E-state index in [0.29, 0.717) is 11.3 Å². The Bertz CT molecular complexity index is 657. The largest absolute Gasteiger partial charge is 0.377 e. The number of nitrogens with one attached hydrogen (secondary N) is 1. The van der Waals surface area contributed by atoms with Crippen LogP contribution in [0.3, 0.4) is 0 Å². The van der Waals surface area contributed by atoms with Crippen molar-refractivity contribution >= 4 is 38.9 Å². The van der Waals surface area contributed by atoms with Gasteiger partial charge in [0, 0.05) is 26.2 Å². The van der Waals surface area contributed by atoms with Crippen LogP contribution in [-0.4, -0.2) is 5.91 Å². The Labute approximate surface area is 129 Å². The highest BCUT2D eigenvalue weighted by Crippen LogP contribution is 2.32. The molecule has 0 aliphatic carbocycles. The minimum atomic E-state index is -0.642. The van der Waals surface area contributed by atoms with E-state index in [9.17, 15) is 9.18 Å². The van der Waals surface area contributed by atoms with Crippen molar-refractivity contribution in [2.75, 3.05) is 5.32 Å². The number of anilines is 1. The molecule has 1 heterocycles. The highest BCUT2D eigenvalue weighted by atomic mass is 79.9. The van der Waals surface area contributed by atoms with Crippen molar-refractivity contribution in [1.82, 2.24) is 0 Å². The molecule has 0 saturated heterocycles. The standard InChI is InChI=1S/C14H14BrFN2OS/c1-7-11(16)5-9(14(17)19)6-12(7)18-8(2)13-10(15)3-4-20-13/h3-6,8,18H,1-2H3,(H2,17,19). The van der Waals surface area contributed by atoms with Gasteiger partial charge in [-0.05, 0) is 53.4 Å². The van der Waals surface area contributed by atoms with Gasteiger partial charge < -0.3 is 11.1 Å². The molecule has 20 heavy (non-hydrogen) atoms. The Hall–Kier alpha value is -1.40. The lowest BCUT2D eigenvalue weighted by Crippen LogP contribution is -2.14. The average molecular weight is 357 g/mol. The lowest BCUT2D eigenvalue weighted by molar-refractivity contribution is 0.1000. The molecule has 0 aliphatic rings. The number of nitrogens with two attached hydrogens (primary N) is 1. The summed E-state index contributed by atoms with van der Waals surface area (Å²) in [6.07, 6.45) is 0. The van der Waals surface area contributed by atoms with Gasteiger partial charge in [0.1, 0.15) is 5.82 Å². The third-order valence-corrected chi connectivity index (χ3v) is 5.09. The van der Waals surface area contributed by atoms with Crippen LogP contribution in [0.15, 0.2) is 28.1 Å². The first-order valence-electron chi connectivity index (χ1n) is 5.99. The zero-order valence-electron chi connectivity index (χ0n) is 11.0. The van der Waals surface area contributed by atoms with Gasteiger partial charge >= 0.3 is 0 Å². The van der Waals surface area contributed by atoms with Gasteiger partial charge in [0.05, 0.1) is 6.04 Å². The first kappa shape index (κ1) is 15.0. The van der Waals surface area contributed by atoms with Gasteiger partial charge in [-0.1, -0.05) is 0 Å². The molecule has 2 rings (SSSR count). The van der Waals surface area contributed by atoms with Crippen LogP contribution < -0.4 is 11.1 Å². The van der Waals surface area contributed by atoms with Gasteiger partial charge in [0.25, 0.3) is 0 Å². The maximum atomic E-state index is 13.8. The highest BCUT2D eigenvalue weighted by molar-refractivity contribution is 9.10. The molecule has 106 valence electrons. The molecule has 0 radical (unpaired) electrons. The molecule has 0 spiro atoms. The van der Waals surface area contributed by atoms with E-state index in [1.165, 1.54) is 0 Å². The van der Waals surface area contributed by atoms with Crippen LogP contribution in [0.4, 0.5) is 10.1 Å². The van der Waals surface area contributed by atoms with Crippen molar-refractivity contribution in [3.05, 3.63) is 49.9 Å². The van der Waals surface area contributed by atoms with Crippen LogP contribution in [0.25, 0.3) is 0 Å². The number of rotatable bonds is 4. The third-order valence-electron chi connectivity index (χ3n) is 3.04. The summed E-state index contributed by atoms with van der Waals surface area (Å²) in [5.74, 6) is -1.09. The van der Waals surface area contributed by atoms with Crippen molar-refractivity contribution in [3.8, 4) is 0 Å². The molecule has 1 aromatic heterocycles. The molecule has 1 unspecified atom stereocenters. The Morgan fingerprint density at radius 2 is 2.20 bits per heavy atom. The van der Waals surface area contributed by atoms with Crippen LogP contribution in [0, 0.1) is 12.7 Å². The lowest BCUT2D eigenvalue weighted by atomic mass is 10.1. The Morgan fingerprint density at radius 1 is 1.50 bits per heavy atom. The summed E-state index contributed by atoms with van der Waals surface area (Å²) >= 11 is 5.08. The molecule has 1 amide bonds. The molecule has 3 nitrogen and oxygen atoms in total. The predicted octanol–water partition coefficient (Wildman–Crippen LogP) is 4.23. The number of hydrogen-bond acceptors (Lipinski definition) is 3. The number of amides is 1. The number of thiophene rings is 1. The normalized spacial score (nSPS) is 12.2. The summed E-state index contributed by atoms with van der Waals surface area (Å²) in [7, 11) is 0. The Morgan fingerprint density at radius 3 is 2.75 bits per heavy atom. The van der Waals surface area contributed by atoms with Gasteiger partial charge in [0.15, 0.2) is 0 Å². The van der Waals surface area contributed by atoms with Gasteiger partial charge in [-0.2, -0.15) is 0 Å². The maximum Gasteiger partial charge on any atom is 0.248 e. The lowest BCUT2D eigenvalue weighted by Gasteiger charge is -2.17. The number of benzene rings is 1. The first-order valence-corrected chi connectivity index (χ1v) is 7.66. The molecule has 6 heteroatoms. The second kappa shape index (κ2) is 5.93. The van der Waals surface area contributed by atoms with Gasteiger partial charge in [-0.25, -0.2) is 4.39 Å². The van der Waals surface area contributed by atoms with Crippen LogP contribution >= 0.6 is 27.3 Å². The summed E-state index contributed by atoms with van der Waals surface area (Å²) in [6, 6.07) is 4.70. The van der Waals surface area contributed by atoms with Crippen LogP contribution in [0.5, 0.6) is 0 Å². The Balaban J connectivity index is 2.33. The molecule has 1 atom stereocenters. The van der Waals surface area contributed by atoms with Crippen molar-refractivity contribution in [2.24, 2.45) is 5.73 Å². The Kier molecular flexibility index (Phi) is 4.45. The molecule has 0 aliphatic heterocycles. The second-order valence-corrected chi connectivity index (χ2v) is 6.30. The summed E-state index contributed by atoms with van der Waals surface area (Å²) in [5.41, 5.74) is 6.42. The summed E-state index contributed by atoms with van der Waals surface area (Å²) in [5, 5.41) is 5.20. The van der Waals surface area contributed by atoms with Crippen LogP contribution in [-0.2, 0) is 0 Å². The number of halogens is 2. The quantitative estimate of drug-likeness (QED) is 0.860. The molecule has 1 aromatic carbocycles. The molecule has 0 saturated carbocycles. The van der Waals surface area contributed by atoms with E-state index >= 15 is 0 Å². The zero-order chi connectivity index (χ0) is 14.9. The average Bonchev–Trinajstić information content (AvgIpc) is 2.80. The molecule has 3 N–H and O–H groups in total. The molecular weight excluding hydrogens is 343 g/mol. The van der Waals surface area contributed by atoms with Crippen molar-refractivity contribution in [3.63, 3.8) is 0 Å². The summed E-state index contributed by atoms with van der Waals surface area (Å²) in [4.78, 5) is 12.3. The SMILES string of the molecule is Cc1c(F)cc(C(N)=O)cc1NC(C)c1sccc1Br. The highest BCUT2D eigenvalue weighted by Gasteiger charge is 2.15. The summed E-state index contributed by atoms with van der Waals surface area (Å²) in [6.45, 7) is 3.64. The van der Waals surface area contributed by atoms with Gasteiger partial charge in [0.2, 0.25) is 5.91 Å². The van der Waals surface area contributed by atoms with E-state index in [-0.39, 0.29) is 11.6 Å². The minimum Gasteiger partial charge on any atom is -0.377 e. The molecular formula is C14H14BrFN2OS. The van der Waals surface area contributed by atoms with E-state index in [4.69, 9.17) is 5.73 Å². The van der Waals surface area contributed by atoms with Crippen molar-refractivity contribution < 1.29 is 9.18 Å². The molecule has 0 bridgehead atoms. The van der Waals surface area contributed by atoms with E-state index in [0.717, 1.165) is 15.4 Å². The van der Waals surface area contributed by atoms with E-state index in [2.05, 4.69) is 21.2 Å². The zero-order valence-corrected chi connectivity index (χ0v) is 13.4. The number of primary amides is 1. The fourth-order valence-corrected chi connectivity index (χ4v) is 3.61. The van der Waals surface area contributed by atoms with Crippen molar-refractivity contribution in [2.45, 2.75) is 19.9 Å². The van der Waals surface area contributed by atoms with Crippen LogP contribution in [0.2, 0.25) is 0 Å². The van der Waals surface area contributed by atoms with E-state index < -0.39 is 11.7 Å². The van der Waals surface area contributed by atoms with E-state index in [1.54, 1.807) is 24.3 Å². The van der Waals surface area contributed by atoms with Crippen LogP contribution in [0.1, 0.15) is 33.8 Å². The third kappa shape index (κ3) is 3.02. The number of carbonyl (C=O) groups excluding carboxylic acids is 1. The number of hydrogen-bond donors (Lipinski definition) is 2. The smallest absolute Gasteiger partial charge is 0.248 e. The topological polar surface area (TPSA) is 55.1 Å². The predicted molar refractivity (Wildman–Crippen MR) is 83.7 cm³/mol. The number of carbonyl (C=O) groups is 1. The summed E-state index contributed by atoms with van der Waals surface area (Å²) < 4.78 is 14.8. The molecule has 2 aromatic rings. The van der Waals surface area contributed by atoms with Crippen molar-refractivity contribution in [1.29, 1.82) is 0 Å².